The highest BCUT2D eigenvalue weighted by molar-refractivity contribution is 9.10. The van der Waals surface area contributed by atoms with E-state index in [0.29, 0.717) is 11.5 Å². The van der Waals surface area contributed by atoms with Crippen LogP contribution >= 0.6 is 15.9 Å². The Morgan fingerprint density at radius 2 is 1.67 bits per heavy atom. The summed E-state index contributed by atoms with van der Waals surface area (Å²) in [7, 11) is 0. The largest absolute Gasteiger partial charge is 0.433 e. The molecule has 0 radical (unpaired) electrons. The number of ether oxygens (including phenoxy) is 2. The number of hydrogen-bond donors (Lipinski definition) is 0. The number of nitrogens with zero attached hydrogens (tertiary/aromatic N) is 4. The van der Waals surface area contributed by atoms with Gasteiger partial charge >= 0.3 is 17.4 Å². The molecule has 0 spiro atoms. The molecule has 120 valence electrons. The van der Waals surface area contributed by atoms with E-state index in [1.807, 2.05) is 0 Å². The summed E-state index contributed by atoms with van der Waals surface area (Å²) in [6.07, 6.45) is 4.11. The van der Waals surface area contributed by atoms with Crippen LogP contribution in [-0.2, 0) is 0 Å². The fourth-order valence-corrected chi connectivity index (χ4v) is 2.05. The summed E-state index contributed by atoms with van der Waals surface area (Å²) in [5.41, 5.74) is -0.468. The fourth-order valence-electron chi connectivity index (χ4n) is 1.79. The van der Waals surface area contributed by atoms with E-state index in [0.717, 1.165) is 10.8 Å². The standard InChI is InChI=1S/C15H9BrN4O4/c16-10-3-5-11(6-4-10)23-14-13(20(21)22)15(19-9-18-14)24-12-2-1-7-17-8-12/h1-9H. The lowest BCUT2D eigenvalue weighted by Gasteiger charge is -2.08. The van der Waals surface area contributed by atoms with Crippen LogP contribution < -0.4 is 9.47 Å². The maximum Gasteiger partial charge on any atom is 0.393 e. The molecule has 0 saturated heterocycles. The summed E-state index contributed by atoms with van der Waals surface area (Å²) < 4.78 is 11.8. The van der Waals surface area contributed by atoms with E-state index in [-0.39, 0.29) is 11.8 Å². The van der Waals surface area contributed by atoms with Gasteiger partial charge in [-0.25, -0.2) is 0 Å². The molecule has 0 atom stereocenters. The summed E-state index contributed by atoms with van der Waals surface area (Å²) in [5.74, 6) is 0.271. The number of rotatable bonds is 5. The van der Waals surface area contributed by atoms with Crippen molar-refractivity contribution in [2.45, 2.75) is 0 Å². The zero-order chi connectivity index (χ0) is 16.9. The Bertz CT molecular complexity index is 859. The Morgan fingerprint density at radius 3 is 2.25 bits per heavy atom. The third-order valence-corrected chi connectivity index (χ3v) is 3.34. The Kier molecular flexibility index (Phi) is 4.62. The Labute approximate surface area is 144 Å². The maximum absolute atomic E-state index is 11.4. The number of halogens is 1. The van der Waals surface area contributed by atoms with Crippen molar-refractivity contribution >= 4 is 21.6 Å². The molecule has 2 heterocycles. The SMILES string of the molecule is O=[N+]([O-])c1c(Oc2ccc(Br)cc2)ncnc1Oc1cccnc1. The van der Waals surface area contributed by atoms with Gasteiger partial charge in [0, 0.05) is 10.7 Å². The highest BCUT2D eigenvalue weighted by atomic mass is 79.9. The van der Waals surface area contributed by atoms with Gasteiger partial charge in [0.25, 0.3) is 0 Å². The highest BCUT2D eigenvalue weighted by Crippen LogP contribution is 2.37. The minimum atomic E-state index is -0.653. The molecule has 0 saturated carbocycles. The quantitative estimate of drug-likeness (QED) is 0.478. The van der Waals surface area contributed by atoms with Crippen LogP contribution in [0.4, 0.5) is 5.69 Å². The molecule has 0 amide bonds. The summed E-state index contributed by atoms with van der Waals surface area (Å²) in [6.45, 7) is 0. The van der Waals surface area contributed by atoms with Crippen molar-refractivity contribution in [3.63, 3.8) is 0 Å². The van der Waals surface area contributed by atoms with Crippen LogP contribution in [0.2, 0.25) is 0 Å². The van der Waals surface area contributed by atoms with Gasteiger partial charge in [0.2, 0.25) is 0 Å². The first-order chi connectivity index (χ1) is 11.6. The van der Waals surface area contributed by atoms with E-state index in [1.165, 1.54) is 6.20 Å². The summed E-state index contributed by atoms with van der Waals surface area (Å²) in [6, 6.07) is 10.0. The molecule has 3 rings (SSSR count). The molecule has 0 unspecified atom stereocenters. The number of pyridine rings is 1. The van der Waals surface area contributed by atoms with Crippen LogP contribution in [0.5, 0.6) is 23.3 Å². The van der Waals surface area contributed by atoms with Gasteiger partial charge in [0.15, 0.2) is 0 Å². The molecular weight excluding hydrogens is 380 g/mol. The minimum Gasteiger partial charge on any atom is -0.433 e. The molecule has 0 fully saturated rings. The molecule has 0 aliphatic rings. The first kappa shape index (κ1) is 15.8. The zero-order valence-electron chi connectivity index (χ0n) is 12.0. The van der Waals surface area contributed by atoms with E-state index in [1.54, 1.807) is 42.6 Å². The van der Waals surface area contributed by atoms with E-state index in [9.17, 15) is 10.1 Å². The lowest BCUT2D eigenvalue weighted by Crippen LogP contribution is -2.01. The van der Waals surface area contributed by atoms with Gasteiger partial charge < -0.3 is 9.47 Å². The molecule has 1 aromatic carbocycles. The molecule has 0 bridgehead atoms. The van der Waals surface area contributed by atoms with E-state index >= 15 is 0 Å². The van der Waals surface area contributed by atoms with Crippen molar-refractivity contribution < 1.29 is 14.4 Å². The highest BCUT2D eigenvalue weighted by Gasteiger charge is 2.27. The predicted molar refractivity (Wildman–Crippen MR) is 87.2 cm³/mol. The molecule has 2 aromatic heterocycles. The van der Waals surface area contributed by atoms with Gasteiger partial charge in [-0.05, 0) is 36.4 Å². The monoisotopic (exact) mass is 388 g/mol. The lowest BCUT2D eigenvalue weighted by atomic mass is 10.3. The van der Waals surface area contributed by atoms with Gasteiger partial charge in [-0.2, -0.15) is 9.97 Å². The van der Waals surface area contributed by atoms with Crippen molar-refractivity contribution in [2.75, 3.05) is 0 Å². The second-order valence-corrected chi connectivity index (χ2v) is 5.35. The Balaban J connectivity index is 1.96. The number of nitro groups is 1. The number of hydrogen-bond acceptors (Lipinski definition) is 7. The van der Waals surface area contributed by atoms with Crippen molar-refractivity contribution in [2.24, 2.45) is 0 Å². The molecule has 0 aliphatic carbocycles. The van der Waals surface area contributed by atoms with Gasteiger partial charge in [-0.1, -0.05) is 15.9 Å². The maximum atomic E-state index is 11.4. The van der Waals surface area contributed by atoms with Crippen LogP contribution in [0.25, 0.3) is 0 Å². The van der Waals surface area contributed by atoms with E-state index in [2.05, 4.69) is 30.9 Å². The Morgan fingerprint density at radius 1 is 1.00 bits per heavy atom. The van der Waals surface area contributed by atoms with Crippen molar-refractivity contribution in [1.82, 2.24) is 15.0 Å². The fraction of sp³-hybridized carbons (Fsp3) is 0. The van der Waals surface area contributed by atoms with Gasteiger partial charge in [0.1, 0.15) is 17.8 Å². The molecule has 9 heteroatoms. The second kappa shape index (κ2) is 7.01. The normalized spacial score (nSPS) is 10.2. The van der Waals surface area contributed by atoms with Crippen LogP contribution in [0, 0.1) is 10.1 Å². The topological polar surface area (TPSA) is 100 Å². The second-order valence-electron chi connectivity index (χ2n) is 4.44. The molecule has 0 N–H and O–H groups in total. The van der Waals surface area contributed by atoms with Crippen LogP contribution in [0.3, 0.4) is 0 Å². The van der Waals surface area contributed by atoms with Crippen molar-refractivity contribution in [3.8, 4) is 23.3 Å². The van der Waals surface area contributed by atoms with E-state index in [4.69, 9.17) is 9.47 Å². The summed E-state index contributed by atoms with van der Waals surface area (Å²) >= 11 is 3.30. The summed E-state index contributed by atoms with van der Waals surface area (Å²) in [5, 5.41) is 11.4. The van der Waals surface area contributed by atoms with Crippen LogP contribution in [0.15, 0.2) is 59.6 Å². The average molecular weight is 389 g/mol. The van der Waals surface area contributed by atoms with Crippen LogP contribution in [-0.4, -0.2) is 19.9 Å². The molecule has 8 nitrogen and oxygen atoms in total. The van der Waals surface area contributed by atoms with Gasteiger partial charge in [-0.15, -0.1) is 0 Å². The zero-order valence-corrected chi connectivity index (χ0v) is 13.6. The average Bonchev–Trinajstić information content (AvgIpc) is 2.58. The van der Waals surface area contributed by atoms with Crippen molar-refractivity contribution in [1.29, 1.82) is 0 Å². The summed E-state index contributed by atoms with van der Waals surface area (Å²) in [4.78, 5) is 22.3. The molecular formula is C15H9BrN4O4. The lowest BCUT2D eigenvalue weighted by molar-refractivity contribution is -0.387. The third kappa shape index (κ3) is 3.63. The molecule has 24 heavy (non-hydrogen) atoms. The smallest absolute Gasteiger partial charge is 0.393 e. The first-order valence-electron chi connectivity index (χ1n) is 6.64. The minimum absolute atomic E-state index is 0.212. The first-order valence-corrected chi connectivity index (χ1v) is 7.43. The van der Waals surface area contributed by atoms with E-state index < -0.39 is 10.6 Å². The molecule has 0 aliphatic heterocycles. The van der Waals surface area contributed by atoms with Crippen molar-refractivity contribution in [3.05, 3.63) is 69.7 Å². The van der Waals surface area contributed by atoms with Gasteiger partial charge in [0.05, 0.1) is 11.1 Å². The third-order valence-electron chi connectivity index (χ3n) is 2.81. The predicted octanol–water partition coefficient (Wildman–Crippen LogP) is 4.13. The number of benzene rings is 1. The number of aromatic nitrogens is 3. The van der Waals surface area contributed by atoms with Gasteiger partial charge in [-0.3, -0.25) is 15.1 Å². The Hall–Kier alpha value is -3.07. The molecule has 3 aromatic rings. The van der Waals surface area contributed by atoms with Crippen LogP contribution in [0.1, 0.15) is 0 Å².